The average molecular weight is 762 g/mol. The largest absolute Gasteiger partial charge is 0.278 e. The van der Waals surface area contributed by atoms with Crippen LogP contribution in [-0.4, -0.2) is 24.1 Å². The van der Waals surface area contributed by atoms with Crippen LogP contribution in [0.1, 0.15) is 21.9 Å². The molecular formula is C51H31N5S. The maximum absolute atomic E-state index is 9.17. The van der Waals surface area contributed by atoms with Crippen molar-refractivity contribution in [2.45, 2.75) is 0 Å². The first kappa shape index (κ1) is 20.0. The van der Waals surface area contributed by atoms with Crippen molar-refractivity contribution in [1.29, 1.82) is 0 Å². The Morgan fingerprint density at radius 1 is 0.386 bits per heavy atom. The first-order chi connectivity index (χ1) is 34.9. The lowest BCUT2D eigenvalue weighted by Gasteiger charge is -2.13. The van der Waals surface area contributed by atoms with Gasteiger partial charge in [0, 0.05) is 47.3 Å². The minimum atomic E-state index is -0.693. The maximum atomic E-state index is 9.17. The molecule has 12 aromatic rings. The molecule has 0 fully saturated rings. The number of nitrogens with zero attached hydrogens (tertiary/aromatic N) is 5. The second kappa shape index (κ2) is 12.6. The number of thiophene rings is 1. The molecular weight excluding hydrogens is 715 g/mol. The van der Waals surface area contributed by atoms with Gasteiger partial charge in [-0.2, -0.15) is 15.0 Å². The minimum absolute atomic E-state index is 0.133. The molecule has 8 aromatic carbocycles. The van der Waals surface area contributed by atoms with Gasteiger partial charge in [-0.05, 0) is 58.6 Å². The van der Waals surface area contributed by atoms with Crippen molar-refractivity contribution in [3.8, 4) is 45.5 Å². The lowest BCUT2D eigenvalue weighted by molar-refractivity contribution is 0.893. The van der Waals surface area contributed by atoms with Gasteiger partial charge in [-0.15, -0.1) is 11.3 Å². The lowest BCUT2D eigenvalue weighted by Crippen LogP contribution is -2.10. The zero-order valence-corrected chi connectivity index (χ0v) is 30.1. The number of benzene rings is 8. The zero-order valence-electron chi connectivity index (χ0n) is 45.3. The highest BCUT2D eigenvalue weighted by atomic mass is 32.1. The highest BCUT2D eigenvalue weighted by molar-refractivity contribution is 7.25. The molecule has 266 valence electrons. The van der Waals surface area contributed by atoms with E-state index in [2.05, 4.69) is 36.4 Å². The fraction of sp³-hybridized carbons (Fsp3) is 0. The number of fused-ring (bicyclic) bond motifs is 9. The van der Waals surface area contributed by atoms with Gasteiger partial charge >= 0.3 is 0 Å². The van der Waals surface area contributed by atoms with E-state index in [1.54, 1.807) is 23.5 Å². The van der Waals surface area contributed by atoms with Gasteiger partial charge in [-0.1, -0.05) is 151 Å². The van der Waals surface area contributed by atoms with Crippen LogP contribution in [0.4, 0.5) is 0 Å². The minimum Gasteiger partial charge on any atom is -0.278 e. The molecule has 0 aliphatic heterocycles. The third-order valence-corrected chi connectivity index (χ3v) is 11.3. The number of para-hydroxylation sites is 4. The Morgan fingerprint density at radius 2 is 0.825 bits per heavy atom. The molecule has 0 aliphatic rings. The molecule has 4 heterocycles. The number of hydrogen-bond donors (Lipinski definition) is 0. The van der Waals surface area contributed by atoms with Gasteiger partial charge in [-0.3, -0.25) is 9.13 Å². The SMILES string of the molecule is [2H]c1c([2H])c([2H])c2c(c1[2H])c1c([2H])c([2H])c([2H])c([2H])c1n2-c1nc(-c2ccc(-c3ccc(-c4cccc5sc6ccccc6c45)cc3)cc2)nc(-n2c3c([2H])c([2H])c([2H])c([2H])c3c3c([2H])c([2H])c([2H])c([2H])c32)n1. The van der Waals surface area contributed by atoms with Crippen LogP contribution < -0.4 is 0 Å². The molecule has 0 bridgehead atoms. The van der Waals surface area contributed by atoms with E-state index >= 15 is 0 Å². The summed E-state index contributed by atoms with van der Waals surface area (Å²) in [5, 5.41) is 1.33. The van der Waals surface area contributed by atoms with Gasteiger partial charge in [0.05, 0.1) is 44.0 Å². The van der Waals surface area contributed by atoms with Crippen LogP contribution in [0.25, 0.3) is 109 Å². The van der Waals surface area contributed by atoms with Crippen LogP contribution in [-0.2, 0) is 0 Å². The molecule has 4 aromatic heterocycles. The summed E-state index contributed by atoms with van der Waals surface area (Å²) in [7, 11) is 0. The Labute approximate surface area is 353 Å². The third kappa shape index (κ3) is 4.98. The van der Waals surface area contributed by atoms with E-state index in [9.17, 15) is 0 Å². The second-order valence-corrected chi connectivity index (χ2v) is 14.3. The molecule has 57 heavy (non-hydrogen) atoms. The van der Waals surface area contributed by atoms with E-state index in [0.717, 1.165) is 31.4 Å². The number of aromatic nitrogens is 5. The van der Waals surface area contributed by atoms with E-state index in [1.165, 1.54) is 20.2 Å². The fourth-order valence-corrected chi connectivity index (χ4v) is 8.73. The molecule has 0 aliphatic carbocycles. The summed E-state index contributed by atoms with van der Waals surface area (Å²) in [5.74, 6) is -1.05. The van der Waals surface area contributed by atoms with Crippen molar-refractivity contribution < 1.29 is 21.9 Å². The number of hydrogen-bond acceptors (Lipinski definition) is 4. The van der Waals surface area contributed by atoms with Crippen molar-refractivity contribution in [2.24, 2.45) is 0 Å². The summed E-state index contributed by atoms with van der Waals surface area (Å²) < 4.78 is 146. The lowest BCUT2D eigenvalue weighted by atomic mass is 9.96. The van der Waals surface area contributed by atoms with Crippen LogP contribution in [0.15, 0.2) is 188 Å². The van der Waals surface area contributed by atoms with E-state index in [0.29, 0.717) is 5.56 Å². The standard InChI is InChI=1S/C51H31N5S/c1-6-18-42-37(12-1)38-13-2-7-19-43(38)55(42)50-52-49(53-51(54-50)56-44-20-8-3-14-39(44)40-15-4-9-21-45(40)56)35-30-26-33(27-31-35)32-24-28-34(29-25-32)36-17-11-23-47-48(36)41-16-5-10-22-46(41)57-47/h1-31H/i1D,2D,3D,4D,6D,7D,8D,9D,12D,13D,14D,15D,18D,19D,20D,21D. The summed E-state index contributed by atoms with van der Waals surface area (Å²) in [6.07, 6.45) is 0. The average Bonchev–Trinajstić information content (AvgIpc) is 4.10. The summed E-state index contributed by atoms with van der Waals surface area (Å²) >= 11 is 1.74. The topological polar surface area (TPSA) is 48.5 Å². The Kier molecular flexibility index (Phi) is 4.40. The molecule has 0 amide bonds. The Balaban J connectivity index is 1.12. The highest BCUT2D eigenvalue weighted by Crippen LogP contribution is 2.41. The van der Waals surface area contributed by atoms with Gasteiger partial charge in [0.25, 0.3) is 0 Å². The van der Waals surface area contributed by atoms with Crippen molar-refractivity contribution in [3.63, 3.8) is 0 Å². The first-order valence-corrected chi connectivity index (χ1v) is 18.6. The van der Waals surface area contributed by atoms with E-state index in [4.69, 9.17) is 36.9 Å². The number of rotatable bonds is 5. The second-order valence-electron chi connectivity index (χ2n) is 13.3. The van der Waals surface area contributed by atoms with Gasteiger partial charge in [-0.25, -0.2) is 0 Å². The van der Waals surface area contributed by atoms with Gasteiger partial charge in [0.15, 0.2) is 5.82 Å². The molecule has 0 spiro atoms. The fourth-order valence-electron chi connectivity index (χ4n) is 7.59. The monoisotopic (exact) mass is 761 g/mol. The molecule has 12 rings (SSSR count). The van der Waals surface area contributed by atoms with Gasteiger partial charge in [0.2, 0.25) is 11.9 Å². The maximum Gasteiger partial charge on any atom is 0.240 e. The van der Waals surface area contributed by atoms with Crippen LogP contribution >= 0.6 is 11.3 Å². The molecule has 0 radical (unpaired) electrons. The van der Waals surface area contributed by atoms with Crippen molar-refractivity contribution in [3.05, 3.63) is 188 Å². The molecule has 0 N–H and O–H groups in total. The Bertz CT molecular complexity index is 4120. The Morgan fingerprint density at radius 3 is 1.35 bits per heavy atom. The third-order valence-electron chi connectivity index (χ3n) is 10.2. The smallest absolute Gasteiger partial charge is 0.240 e. The molecule has 0 saturated carbocycles. The van der Waals surface area contributed by atoms with Crippen LogP contribution in [0, 0.1) is 0 Å². The first-order valence-electron chi connectivity index (χ1n) is 25.8. The van der Waals surface area contributed by atoms with Crippen molar-refractivity contribution >= 4 is 75.1 Å². The molecule has 5 nitrogen and oxygen atoms in total. The predicted octanol–water partition coefficient (Wildman–Crippen LogP) is 13.4. The van der Waals surface area contributed by atoms with Crippen LogP contribution in [0.3, 0.4) is 0 Å². The van der Waals surface area contributed by atoms with Crippen molar-refractivity contribution in [2.75, 3.05) is 0 Å². The highest BCUT2D eigenvalue weighted by Gasteiger charge is 2.20. The Hall–Kier alpha value is -7.41. The summed E-state index contributed by atoms with van der Waals surface area (Å²) in [5.41, 5.74) is 2.86. The van der Waals surface area contributed by atoms with Crippen molar-refractivity contribution in [1.82, 2.24) is 24.1 Å². The van der Waals surface area contributed by atoms with E-state index < -0.39 is 109 Å². The molecule has 6 heteroatoms. The van der Waals surface area contributed by atoms with Crippen LogP contribution in [0.5, 0.6) is 0 Å². The molecule has 0 saturated heterocycles. The molecule has 0 unspecified atom stereocenters. The van der Waals surface area contributed by atoms with E-state index in [-0.39, 0.29) is 49.4 Å². The summed E-state index contributed by atoms with van der Waals surface area (Å²) in [4.78, 5) is 14.4. The van der Waals surface area contributed by atoms with Crippen LogP contribution in [0.2, 0.25) is 0 Å². The summed E-state index contributed by atoms with van der Waals surface area (Å²) in [6, 6.07) is 19.4. The molecule has 0 atom stereocenters. The van der Waals surface area contributed by atoms with Gasteiger partial charge < -0.3 is 0 Å². The quantitative estimate of drug-likeness (QED) is 0.175. The van der Waals surface area contributed by atoms with Gasteiger partial charge in [0.1, 0.15) is 0 Å². The van der Waals surface area contributed by atoms with E-state index in [1.807, 2.05) is 42.5 Å². The normalized spacial score (nSPS) is 15.8. The summed E-state index contributed by atoms with van der Waals surface area (Å²) in [6.45, 7) is 0. The predicted molar refractivity (Wildman–Crippen MR) is 238 cm³/mol. The zero-order chi connectivity index (χ0) is 51.4.